The van der Waals surface area contributed by atoms with Gasteiger partial charge in [0.05, 0.1) is 5.41 Å². The highest BCUT2D eigenvalue weighted by Crippen LogP contribution is 2.64. The molecule has 0 N–H and O–H groups in total. The molecule has 4 nitrogen and oxygen atoms in total. The molecule has 16 rings (SSSR count). The van der Waals surface area contributed by atoms with Crippen LogP contribution in [0.2, 0.25) is 0 Å². The lowest BCUT2D eigenvalue weighted by molar-refractivity contribution is 0.669. The maximum atomic E-state index is 6.79. The summed E-state index contributed by atoms with van der Waals surface area (Å²) in [7, 11) is 0. The Morgan fingerprint density at radius 3 is 1.33 bits per heavy atom. The van der Waals surface area contributed by atoms with E-state index in [2.05, 4.69) is 212 Å². The van der Waals surface area contributed by atoms with Crippen LogP contribution in [-0.2, 0) is 5.41 Å². The van der Waals surface area contributed by atoms with E-state index in [9.17, 15) is 0 Å². The third kappa shape index (κ3) is 5.11. The van der Waals surface area contributed by atoms with Gasteiger partial charge >= 0.3 is 0 Å². The van der Waals surface area contributed by atoms with E-state index in [0.717, 1.165) is 55.0 Å². The number of hydrogen-bond donors (Lipinski definition) is 0. The molecule has 6 heteroatoms. The highest BCUT2D eigenvalue weighted by Gasteiger charge is 2.52. The number of rotatable bonds is 4. The van der Waals surface area contributed by atoms with Gasteiger partial charge in [-0.25, -0.2) is 15.0 Å². The molecule has 0 aliphatic heterocycles. The van der Waals surface area contributed by atoms with Gasteiger partial charge in [-0.15, -0.1) is 22.7 Å². The Morgan fingerprint density at radius 2 is 0.743 bits per heavy atom. The summed E-state index contributed by atoms with van der Waals surface area (Å²) in [5.74, 6) is 1.87. The maximum Gasteiger partial charge on any atom is 0.164 e. The van der Waals surface area contributed by atoms with Crippen molar-refractivity contribution in [3.8, 4) is 67.5 Å². The second-order valence-electron chi connectivity index (χ2n) is 18.5. The summed E-state index contributed by atoms with van der Waals surface area (Å²) in [6.45, 7) is 0. The van der Waals surface area contributed by atoms with Crippen LogP contribution in [0.5, 0.6) is 0 Å². The first-order chi connectivity index (χ1) is 34.7. The first-order valence-corrected chi connectivity index (χ1v) is 25.3. The molecule has 70 heavy (non-hydrogen) atoms. The van der Waals surface area contributed by atoms with Crippen molar-refractivity contribution in [1.29, 1.82) is 0 Å². The van der Waals surface area contributed by atoms with Crippen molar-refractivity contribution in [3.63, 3.8) is 0 Å². The number of hydrogen-bond acceptors (Lipinski definition) is 6. The molecule has 324 valence electrons. The smallest absolute Gasteiger partial charge is 0.164 e. The lowest BCUT2D eigenvalue weighted by Gasteiger charge is -2.32. The molecular weight excluding hydrogens is 891 g/mol. The van der Waals surface area contributed by atoms with Gasteiger partial charge in [-0.2, -0.15) is 0 Å². The van der Waals surface area contributed by atoms with E-state index in [-0.39, 0.29) is 0 Å². The molecule has 14 aromatic rings. The number of furan rings is 1. The molecular formula is C64H35N3OS2. The van der Waals surface area contributed by atoms with Crippen LogP contribution in [0.3, 0.4) is 0 Å². The van der Waals surface area contributed by atoms with Gasteiger partial charge in [0.15, 0.2) is 17.5 Å². The Balaban J connectivity index is 0.955. The van der Waals surface area contributed by atoms with Crippen LogP contribution in [0, 0.1) is 0 Å². The third-order valence-electron chi connectivity index (χ3n) is 15.0. The second-order valence-corrected chi connectivity index (χ2v) is 20.6. The molecule has 0 amide bonds. The van der Waals surface area contributed by atoms with E-state index in [4.69, 9.17) is 19.4 Å². The Morgan fingerprint density at radius 1 is 0.314 bits per heavy atom. The summed E-state index contributed by atoms with van der Waals surface area (Å²) in [4.78, 5) is 16.4. The summed E-state index contributed by atoms with van der Waals surface area (Å²) in [6, 6.07) is 77.1. The second kappa shape index (κ2) is 14.2. The van der Waals surface area contributed by atoms with Crippen molar-refractivity contribution in [2.75, 3.05) is 0 Å². The average molecular weight is 926 g/mol. The van der Waals surface area contributed by atoms with E-state index in [0.29, 0.717) is 17.5 Å². The fraction of sp³-hybridized carbons (Fsp3) is 0.0156. The van der Waals surface area contributed by atoms with E-state index in [1.54, 1.807) is 22.7 Å². The number of nitrogens with zero attached hydrogens (tertiary/aromatic N) is 3. The Kier molecular flexibility index (Phi) is 7.82. The summed E-state index contributed by atoms with van der Waals surface area (Å²) < 4.78 is 11.7. The van der Waals surface area contributed by atoms with Crippen LogP contribution >= 0.6 is 22.7 Å². The van der Waals surface area contributed by atoms with E-state index < -0.39 is 5.41 Å². The van der Waals surface area contributed by atoms with Gasteiger partial charge in [-0.1, -0.05) is 170 Å². The van der Waals surface area contributed by atoms with Gasteiger partial charge in [-0.05, 0) is 98.1 Å². The van der Waals surface area contributed by atoms with Gasteiger partial charge in [0, 0.05) is 67.8 Å². The van der Waals surface area contributed by atoms with Crippen molar-refractivity contribution in [2.24, 2.45) is 0 Å². The molecule has 0 fully saturated rings. The molecule has 0 radical (unpaired) electrons. The standard InChI is InChI=1S/C64H35N3OS2/c1-6-25-48-38(15-1)39-16-2-7-26-49(39)64(48)50-27-8-3-17-40(50)41-21-11-20-37(60(41)64)36-33-34-51-47(35-36)57-44(22-12-28-52(57)68-51)61-65-62(45-23-13-31-55-58(45)42-18-4-9-29-53(42)69-55)67-63(66-61)46-24-14-32-56-59(46)43-19-5-10-30-54(43)70-56/h1-35H. The molecule has 10 aromatic carbocycles. The zero-order valence-electron chi connectivity index (χ0n) is 37.3. The van der Waals surface area contributed by atoms with Crippen LogP contribution in [-0.4, -0.2) is 15.0 Å². The van der Waals surface area contributed by atoms with Gasteiger partial charge in [-0.3, -0.25) is 0 Å². The largest absolute Gasteiger partial charge is 0.456 e. The highest BCUT2D eigenvalue weighted by molar-refractivity contribution is 7.26. The van der Waals surface area contributed by atoms with Gasteiger partial charge < -0.3 is 4.42 Å². The average Bonchev–Trinajstić information content (AvgIpc) is 4.24. The quantitative estimate of drug-likeness (QED) is 0.176. The zero-order valence-corrected chi connectivity index (χ0v) is 38.9. The summed E-state index contributed by atoms with van der Waals surface area (Å²) >= 11 is 3.60. The van der Waals surface area contributed by atoms with Crippen molar-refractivity contribution in [3.05, 3.63) is 235 Å². The normalized spacial score (nSPS) is 13.3. The predicted octanol–water partition coefficient (Wildman–Crippen LogP) is 17.5. The summed E-state index contributed by atoms with van der Waals surface area (Å²) in [6.07, 6.45) is 0. The minimum Gasteiger partial charge on any atom is -0.456 e. The molecule has 0 saturated heterocycles. The van der Waals surface area contributed by atoms with Crippen molar-refractivity contribution in [1.82, 2.24) is 15.0 Å². The van der Waals surface area contributed by atoms with Crippen LogP contribution in [0.25, 0.3) is 130 Å². The zero-order chi connectivity index (χ0) is 45.7. The van der Waals surface area contributed by atoms with Gasteiger partial charge in [0.2, 0.25) is 0 Å². The number of benzene rings is 10. The van der Waals surface area contributed by atoms with Crippen molar-refractivity contribution >= 4 is 85.0 Å². The minimum absolute atomic E-state index is 0.487. The molecule has 0 unspecified atom stereocenters. The van der Waals surface area contributed by atoms with Gasteiger partial charge in [0.1, 0.15) is 11.2 Å². The monoisotopic (exact) mass is 925 g/mol. The minimum atomic E-state index is -0.487. The molecule has 1 spiro atoms. The fourth-order valence-corrected chi connectivity index (χ4v) is 14.5. The molecule has 0 bridgehead atoms. The topological polar surface area (TPSA) is 51.8 Å². The van der Waals surface area contributed by atoms with Gasteiger partial charge in [0.25, 0.3) is 0 Å². The Bertz CT molecular complexity index is 4380. The van der Waals surface area contributed by atoms with Crippen LogP contribution < -0.4 is 0 Å². The highest BCUT2D eigenvalue weighted by atomic mass is 32.1. The van der Waals surface area contributed by atoms with E-state index in [1.807, 2.05) is 0 Å². The molecule has 2 aliphatic rings. The molecule has 0 atom stereocenters. The maximum absolute atomic E-state index is 6.79. The SMILES string of the molecule is c1ccc2c(c1)-c1ccccc1C21c2ccccc2-c2cccc(-c3ccc4oc5cccc(-c6nc(-c7cccc8sc9ccccc9c78)nc(-c7cccc8sc9ccccc9c78)n6)c5c4c3)c21. The molecule has 0 saturated carbocycles. The van der Waals surface area contributed by atoms with Crippen LogP contribution in [0.15, 0.2) is 217 Å². The first kappa shape index (κ1) is 38.4. The van der Waals surface area contributed by atoms with Crippen LogP contribution in [0.1, 0.15) is 22.3 Å². The number of fused-ring (bicyclic) bond motifs is 19. The number of thiophene rings is 2. The Hall–Kier alpha value is -8.55. The predicted molar refractivity (Wildman–Crippen MR) is 291 cm³/mol. The van der Waals surface area contributed by atoms with Crippen molar-refractivity contribution in [2.45, 2.75) is 5.41 Å². The van der Waals surface area contributed by atoms with Crippen molar-refractivity contribution < 1.29 is 4.42 Å². The summed E-state index contributed by atoms with van der Waals surface area (Å²) in [5.41, 5.74) is 16.7. The summed E-state index contributed by atoms with van der Waals surface area (Å²) in [5, 5.41) is 6.70. The molecule has 4 aromatic heterocycles. The lowest BCUT2D eigenvalue weighted by Crippen LogP contribution is -2.26. The fourth-order valence-electron chi connectivity index (χ4n) is 12.2. The molecule has 2 aliphatic carbocycles. The third-order valence-corrected chi connectivity index (χ3v) is 17.3. The lowest BCUT2D eigenvalue weighted by atomic mass is 9.68. The van der Waals surface area contributed by atoms with Crippen LogP contribution in [0.4, 0.5) is 0 Å². The van der Waals surface area contributed by atoms with E-state index in [1.165, 1.54) is 79.6 Å². The number of aromatic nitrogens is 3. The first-order valence-electron chi connectivity index (χ1n) is 23.7. The van der Waals surface area contributed by atoms with E-state index >= 15 is 0 Å². The Labute approximate surface area is 409 Å². The molecule has 4 heterocycles.